The van der Waals surface area contributed by atoms with Gasteiger partial charge in [0.25, 0.3) is 0 Å². The minimum atomic E-state index is -0.149. The average Bonchev–Trinajstić information content (AvgIpc) is 2.37. The van der Waals surface area contributed by atoms with Crippen molar-refractivity contribution >= 4 is 11.7 Å². The molecule has 4 nitrogen and oxygen atoms in total. The molecule has 0 radical (unpaired) electrons. The van der Waals surface area contributed by atoms with Crippen LogP contribution in [0, 0.1) is 0 Å². The minimum absolute atomic E-state index is 0.149. The molecule has 1 atom stereocenters. The van der Waals surface area contributed by atoms with Crippen LogP contribution >= 0.6 is 0 Å². The van der Waals surface area contributed by atoms with Gasteiger partial charge in [0.15, 0.2) is 0 Å². The van der Waals surface area contributed by atoms with Gasteiger partial charge in [0.05, 0.1) is 0 Å². The zero-order valence-electron chi connectivity index (χ0n) is 11.4. The highest BCUT2D eigenvalue weighted by Crippen LogP contribution is 2.15. The molecule has 0 spiro atoms. The number of hydrogen-bond acceptors (Lipinski definition) is 2. The van der Waals surface area contributed by atoms with Crippen LogP contribution in [0.5, 0.6) is 0 Å². The first-order valence-electron chi connectivity index (χ1n) is 6.55. The van der Waals surface area contributed by atoms with E-state index in [0.717, 1.165) is 18.7 Å². The first-order chi connectivity index (χ1) is 8.67. The van der Waals surface area contributed by atoms with E-state index in [9.17, 15) is 4.79 Å². The van der Waals surface area contributed by atoms with Gasteiger partial charge in [0.2, 0.25) is 0 Å². The molecule has 1 aromatic rings. The molecule has 1 rings (SSSR count). The fourth-order valence-corrected chi connectivity index (χ4v) is 1.69. The number of rotatable bonds is 6. The van der Waals surface area contributed by atoms with Gasteiger partial charge in [0, 0.05) is 18.3 Å². The Kier molecular flexibility index (Phi) is 6.22. The molecular weight excluding hydrogens is 226 g/mol. The molecule has 0 saturated heterocycles. The molecular formula is C14H23N3O. The third kappa shape index (κ3) is 4.75. The van der Waals surface area contributed by atoms with Gasteiger partial charge in [-0.25, -0.2) is 4.79 Å². The van der Waals surface area contributed by atoms with Gasteiger partial charge in [-0.3, -0.25) is 0 Å². The maximum atomic E-state index is 11.5. The van der Waals surface area contributed by atoms with E-state index in [0.29, 0.717) is 12.6 Å². The first-order valence-corrected chi connectivity index (χ1v) is 6.55. The molecule has 0 saturated carbocycles. The molecule has 1 unspecified atom stereocenters. The van der Waals surface area contributed by atoms with Crippen molar-refractivity contribution in [3.63, 3.8) is 0 Å². The summed E-state index contributed by atoms with van der Waals surface area (Å²) >= 11 is 0. The van der Waals surface area contributed by atoms with Gasteiger partial charge in [0.1, 0.15) is 0 Å². The lowest BCUT2D eigenvalue weighted by atomic mass is 10.1. The minimum Gasteiger partial charge on any atom is -0.338 e. The Bertz CT molecular complexity index is 362. The summed E-state index contributed by atoms with van der Waals surface area (Å²) in [7, 11) is 0. The van der Waals surface area contributed by atoms with Crippen molar-refractivity contribution in [1.29, 1.82) is 0 Å². The molecule has 0 fully saturated rings. The molecule has 0 aliphatic heterocycles. The zero-order chi connectivity index (χ0) is 13.4. The normalized spacial score (nSPS) is 11.9. The summed E-state index contributed by atoms with van der Waals surface area (Å²) in [4.78, 5) is 11.5. The molecule has 0 bridgehead atoms. The van der Waals surface area contributed by atoms with Gasteiger partial charge in [-0.15, -0.1) is 0 Å². The lowest BCUT2D eigenvalue weighted by Gasteiger charge is -2.13. The summed E-state index contributed by atoms with van der Waals surface area (Å²) in [5.74, 6) is 0. The maximum Gasteiger partial charge on any atom is 0.319 e. The van der Waals surface area contributed by atoms with Gasteiger partial charge in [-0.05, 0) is 37.6 Å². The quantitative estimate of drug-likeness (QED) is 0.726. The van der Waals surface area contributed by atoms with E-state index >= 15 is 0 Å². The molecule has 1 aromatic carbocycles. The predicted octanol–water partition coefficient (Wildman–Crippen LogP) is 2.89. The molecule has 2 amide bonds. The Morgan fingerprint density at radius 2 is 1.89 bits per heavy atom. The van der Waals surface area contributed by atoms with Gasteiger partial charge < -0.3 is 16.0 Å². The molecule has 0 heterocycles. The number of urea groups is 1. The van der Waals surface area contributed by atoms with Crippen LogP contribution in [-0.4, -0.2) is 19.1 Å². The molecule has 3 N–H and O–H groups in total. The van der Waals surface area contributed by atoms with Crippen molar-refractivity contribution in [3.05, 3.63) is 29.8 Å². The molecule has 0 aromatic heterocycles. The van der Waals surface area contributed by atoms with Crippen molar-refractivity contribution in [2.45, 2.75) is 33.2 Å². The van der Waals surface area contributed by atoms with Crippen molar-refractivity contribution in [2.24, 2.45) is 0 Å². The summed E-state index contributed by atoms with van der Waals surface area (Å²) in [6.45, 7) is 7.88. The largest absolute Gasteiger partial charge is 0.338 e. The van der Waals surface area contributed by atoms with Crippen LogP contribution in [0.1, 0.15) is 38.8 Å². The predicted molar refractivity (Wildman–Crippen MR) is 75.8 cm³/mol. The summed E-state index contributed by atoms with van der Waals surface area (Å²) < 4.78 is 0. The standard InChI is InChI=1S/C14H23N3O/c1-4-10-16-14(18)17-13-8-6-12(7-9-13)11(3)15-5-2/h6-9,11,15H,4-5,10H2,1-3H3,(H2,16,17,18). The van der Waals surface area contributed by atoms with E-state index in [1.165, 1.54) is 5.56 Å². The van der Waals surface area contributed by atoms with Gasteiger partial charge >= 0.3 is 6.03 Å². The second-order valence-electron chi connectivity index (χ2n) is 4.28. The van der Waals surface area contributed by atoms with E-state index in [4.69, 9.17) is 0 Å². The Hall–Kier alpha value is -1.55. The van der Waals surface area contributed by atoms with E-state index in [-0.39, 0.29) is 6.03 Å². The van der Waals surface area contributed by atoms with Crippen LogP contribution in [-0.2, 0) is 0 Å². The second-order valence-corrected chi connectivity index (χ2v) is 4.28. The van der Waals surface area contributed by atoms with E-state index in [1.807, 2.05) is 31.2 Å². The highest BCUT2D eigenvalue weighted by atomic mass is 16.2. The molecule has 0 aliphatic rings. The monoisotopic (exact) mass is 249 g/mol. The van der Waals surface area contributed by atoms with E-state index in [1.54, 1.807) is 0 Å². The third-order valence-corrected chi connectivity index (χ3v) is 2.71. The molecule has 18 heavy (non-hydrogen) atoms. The van der Waals surface area contributed by atoms with Crippen LogP contribution < -0.4 is 16.0 Å². The van der Waals surface area contributed by atoms with E-state index < -0.39 is 0 Å². The Morgan fingerprint density at radius 1 is 1.22 bits per heavy atom. The van der Waals surface area contributed by atoms with Crippen molar-refractivity contribution < 1.29 is 4.79 Å². The lowest BCUT2D eigenvalue weighted by Crippen LogP contribution is -2.29. The van der Waals surface area contributed by atoms with Crippen LogP contribution in [0.15, 0.2) is 24.3 Å². The fraction of sp³-hybridized carbons (Fsp3) is 0.500. The van der Waals surface area contributed by atoms with Crippen molar-refractivity contribution in [1.82, 2.24) is 10.6 Å². The Balaban J connectivity index is 2.52. The summed E-state index contributed by atoms with van der Waals surface area (Å²) in [6, 6.07) is 8.09. The van der Waals surface area contributed by atoms with Crippen LogP contribution in [0.4, 0.5) is 10.5 Å². The van der Waals surface area contributed by atoms with Crippen molar-refractivity contribution in [2.75, 3.05) is 18.4 Å². The van der Waals surface area contributed by atoms with Crippen LogP contribution in [0.2, 0.25) is 0 Å². The summed E-state index contributed by atoms with van der Waals surface area (Å²) in [6.07, 6.45) is 0.937. The number of hydrogen-bond donors (Lipinski definition) is 3. The first kappa shape index (κ1) is 14.5. The highest BCUT2D eigenvalue weighted by Gasteiger charge is 2.04. The van der Waals surface area contributed by atoms with Gasteiger partial charge in [-0.2, -0.15) is 0 Å². The topological polar surface area (TPSA) is 53.2 Å². The van der Waals surface area contributed by atoms with Crippen LogP contribution in [0.25, 0.3) is 0 Å². The lowest BCUT2D eigenvalue weighted by molar-refractivity contribution is 0.252. The molecule has 0 aliphatic carbocycles. The van der Waals surface area contributed by atoms with Gasteiger partial charge in [-0.1, -0.05) is 26.0 Å². The maximum absolute atomic E-state index is 11.5. The van der Waals surface area contributed by atoms with Crippen molar-refractivity contribution in [3.8, 4) is 0 Å². The number of carbonyl (C=O) groups is 1. The summed E-state index contributed by atoms with van der Waals surface area (Å²) in [5, 5.41) is 8.93. The molecule has 100 valence electrons. The smallest absolute Gasteiger partial charge is 0.319 e. The Morgan fingerprint density at radius 3 is 2.44 bits per heavy atom. The number of benzene rings is 1. The number of carbonyl (C=O) groups excluding carboxylic acids is 1. The number of anilines is 1. The summed E-state index contributed by atoms with van der Waals surface area (Å²) in [5.41, 5.74) is 2.03. The average molecular weight is 249 g/mol. The Labute approximate surface area is 109 Å². The number of amides is 2. The fourth-order valence-electron chi connectivity index (χ4n) is 1.69. The van der Waals surface area contributed by atoms with E-state index in [2.05, 4.69) is 29.8 Å². The highest BCUT2D eigenvalue weighted by molar-refractivity contribution is 5.89. The zero-order valence-corrected chi connectivity index (χ0v) is 11.4. The number of nitrogens with one attached hydrogen (secondary N) is 3. The SMILES string of the molecule is CCCNC(=O)Nc1ccc(C(C)NCC)cc1. The third-order valence-electron chi connectivity index (χ3n) is 2.71. The molecule has 4 heteroatoms. The second kappa shape index (κ2) is 7.71. The van der Waals surface area contributed by atoms with Crippen LogP contribution in [0.3, 0.4) is 0 Å².